The molecule has 0 aromatic heterocycles. The molecule has 0 rings (SSSR count). The predicted molar refractivity (Wildman–Crippen MR) is 220 cm³/mol. The predicted octanol–water partition coefficient (Wildman–Crippen LogP) is 14.2. The first-order valence-electron chi connectivity index (χ1n) is 22.8. The summed E-state index contributed by atoms with van der Waals surface area (Å²) in [4.78, 5) is 37.7. The molecule has 0 saturated carbocycles. The molecule has 0 bridgehead atoms. The van der Waals surface area contributed by atoms with E-state index in [0.29, 0.717) is 19.3 Å². The van der Waals surface area contributed by atoms with E-state index in [1.807, 2.05) is 0 Å². The van der Waals surface area contributed by atoms with E-state index in [4.69, 9.17) is 14.2 Å². The molecule has 6 nitrogen and oxygen atoms in total. The van der Waals surface area contributed by atoms with Crippen molar-refractivity contribution in [1.82, 2.24) is 0 Å². The van der Waals surface area contributed by atoms with Crippen LogP contribution in [-0.4, -0.2) is 37.2 Å². The number of hydrogen-bond donors (Lipinski definition) is 0. The Kier molecular flexibility index (Phi) is 37.9. The van der Waals surface area contributed by atoms with Crippen molar-refractivity contribution in [2.24, 2.45) is 11.8 Å². The molecule has 2 atom stereocenters. The second kappa shape index (κ2) is 39.1. The highest BCUT2D eigenvalue weighted by atomic mass is 16.6. The van der Waals surface area contributed by atoms with Crippen LogP contribution in [0.5, 0.6) is 0 Å². The normalized spacial score (nSPS) is 12.6. The van der Waals surface area contributed by atoms with Gasteiger partial charge < -0.3 is 14.2 Å². The molecule has 0 aromatic carbocycles. The highest BCUT2D eigenvalue weighted by molar-refractivity contribution is 5.71. The van der Waals surface area contributed by atoms with E-state index < -0.39 is 6.10 Å². The molecule has 0 aromatic rings. The molecule has 0 aliphatic rings. The van der Waals surface area contributed by atoms with Crippen LogP contribution in [0.2, 0.25) is 0 Å². The van der Waals surface area contributed by atoms with Crippen LogP contribution in [0.1, 0.15) is 247 Å². The fraction of sp³-hybridized carbons (Fsp3) is 0.935. The lowest BCUT2D eigenvalue weighted by molar-refractivity contribution is -0.167. The lowest BCUT2D eigenvalue weighted by Gasteiger charge is -2.18. The Balaban J connectivity index is 4.34. The average molecular weight is 737 g/mol. The number of carbonyl (C=O) groups excluding carboxylic acids is 3. The minimum Gasteiger partial charge on any atom is -0.462 e. The fourth-order valence-corrected chi connectivity index (χ4v) is 6.72. The van der Waals surface area contributed by atoms with E-state index in [1.54, 1.807) is 0 Å². The smallest absolute Gasteiger partial charge is 0.306 e. The summed E-state index contributed by atoms with van der Waals surface area (Å²) in [7, 11) is 0. The second-order valence-electron chi connectivity index (χ2n) is 16.4. The number of ether oxygens (including phenoxy) is 3. The van der Waals surface area contributed by atoms with Gasteiger partial charge in [-0.1, -0.05) is 208 Å². The van der Waals surface area contributed by atoms with Crippen molar-refractivity contribution in [3.05, 3.63) is 0 Å². The van der Waals surface area contributed by atoms with Gasteiger partial charge >= 0.3 is 17.9 Å². The van der Waals surface area contributed by atoms with Gasteiger partial charge in [-0.2, -0.15) is 0 Å². The Bertz CT molecular complexity index is 796. The molecule has 0 saturated heterocycles. The van der Waals surface area contributed by atoms with Crippen LogP contribution in [0, 0.1) is 11.8 Å². The molecule has 6 heteroatoms. The van der Waals surface area contributed by atoms with Crippen molar-refractivity contribution in [3.63, 3.8) is 0 Å². The third kappa shape index (κ3) is 38.1. The van der Waals surface area contributed by atoms with Crippen molar-refractivity contribution in [1.29, 1.82) is 0 Å². The maximum absolute atomic E-state index is 12.7. The quantitative estimate of drug-likeness (QED) is 0.0354. The minimum absolute atomic E-state index is 0.0657. The molecule has 0 heterocycles. The molecule has 0 aliphatic carbocycles. The number of esters is 3. The summed E-state index contributed by atoms with van der Waals surface area (Å²) in [5.41, 5.74) is 0. The van der Waals surface area contributed by atoms with Crippen molar-refractivity contribution < 1.29 is 28.6 Å². The fourth-order valence-electron chi connectivity index (χ4n) is 6.72. The van der Waals surface area contributed by atoms with Crippen LogP contribution in [0.4, 0.5) is 0 Å². The number of hydrogen-bond acceptors (Lipinski definition) is 6. The topological polar surface area (TPSA) is 78.9 Å². The largest absolute Gasteiger partial charge is 0.462 e. The van der Waals surface area contributed by atoms with Crippen molar-refractivity contribution in [3.8, 4) is 0 Å². The summed E-state index contributed by atoms with van der Waals surface area (Å²) in [5, 5.41) is 0. The third-order valence-corrected chi connectivity index (χ3v) is 10.6. The highest BCUT2D eigenvalue weighted by Gasteiger charge is 2.19. The molecule has 52 heavy (non-hydrogen) atoms. The zero-order chi connectivity index (χ0) is 38.3. The SMILES string of the molecule is CCCCCCCCCCCCCCCC(=O)OC[C@@H](COC(=O)CCCCCCCCC(C)CC)OC(=O)CCCCCCCCCCC(C)C. The van der Waals surface area contributed by atoms with Gasteiger partial charge in [-0.05, 0) is 31.1 Å². The summed E-state index contributed by atoms with van der Waals surface area (Å²) in [6, 6.07) is 0. The van der Waals surface area contributed by atoms with Gasteiger partial charge in [0.2, 0.25) is 0 Å². The van der Waals surface area contributed by atoms with E-state index in [-0.39, 0.29) is 31.1 Å². The summed E-state index contributed by atoms with van der Waals surface area (Å²) in [6.45, 7) is 11.3. The van der Waals surface area contributed by atoms with E-state index >= 15 is 0 Å². The zero-order valence-corrected chi connectivity index (χ0v) is 35.4. The Morgan fingerprint density at radius 2 is 0.731 bits per heavy atom. The van der Waals surface area contributed by atoms with Gasteiger partial charge in [-0.25, -0.2) is 0 Å². The summed E-state index contributed by atoms with van der Waals surface area (Å²) in [6.07, 6.45) is 36.6. The number of rotatable bonds is 40. The second-order valence-corrected chi connectivity index (χ2v) is 16.4. The molecule has 0 amide bonds. The number of unbranched alkanes of at least 4 members (excludes halogenated alkanes) is 24. The van der Waals surface area contributed by atoms with E-state index in [0.717, 1.165) is 69.6 Å². The van der Waals surface area contributed by atoms with Crippen molar-refractivity contribution in [2.45, 2.75) is 253 Å². The van der Waals surface area contributed by atoms with Gasteiger partial charge in [0.1, 0.15) is 13.2 Å². The van der Waals surface area contributed by atoms with Crippen molar-refractivity contribution in [2.75, 3.05) is 13.2 Å². The van der Waals surface area contributed by atoms with Gasteiger partial charge in [0.05, 0.1) is 0 Å². The Morgan fingerprint density at radius 1 is 0.404 bits per heavy atom. The van der Waals surface area contributed by atoms with Gasteiger partial charge in [-0.15, -0.1) is 0 Å². The highest BCUT2D eigenvalue weighted by Crippen LogP contribution is 2.17. The maximum atomic E-state index is 12.7. The molecule has 0 aliphatic heterocycles. The van der Waals surface area contributed by atoms with E-state index in [1.165, 1.54) is 135 Å². The van der Waals surface area contributed by atoms with Gasteiger partial charge in [0.25, 0.3) is 0 Å². The van der Waals surface area contributed by atoms with E-state index in [2.05, 4.69) is 34.6 Å². The van der Waals surface area contributed by atoms with Gasteiger partial charge in [0, 0.05) is 19.3 Å². The monoisotopic (exact) mass is 737 g/mol. The van der Waals surface area contributed by atoms with Crippen LogP contribution in [-0.2, 0) is 28.6 Å². The standard InChI is InChI=1S/C46H88O6/c1-6-8-9-10-11-12-13-14-15-16-20-26-31-36-44(47)50-39-43(40-51-45(48)37-32-27-23-22-25-30-35-42(5)7-2)52-46(49)38-33-28-21-18-17-19-24-29-34-41(3)4/h41-43H,6-40H2,1-5H3/t42?,43-/m0/s1. The molecule has 0 radical (unpaired) electrons. The Hall–Kier alpha value is -1.59. The summed E-state index contributed by atoms with van der Waals surface area (Å²) < 4.78 is 16.7. The van der Waals surface area contributed by atoms with Crippen LogP contribution >= 0.6 is 0 Å². The Morgan fingerprint density at radius 3 is 1.10 bits per heavy atom. The van der Waals surface area contributed by atoms with Gasteiger partial charge in [-0.3, -0.25) is 14.4 Å². The average Bonchev–Trinajstić information content (AvgIpc) is 3.12. The first kappa shape index (κ1) is 50.4. The zero-order valence-electron chi connectivity index (χ0n) is 35.4. The number of carbonyl (C=O) groups is 3. The first-order valence-corrected chi connectivity index (χ1v) is 22.8. The lowest BCUT2D eigenvalue weighted by atomic mass is 10.00. The van der Waals surface area contributed by atoms with Crippen LogP contribution < -0.4 is 0 Å². The minimum atomic E-state index is -0.761. The maximum Gasteiger partial charge on any atom is 0.306 e. The summed E-state index contributed by atoms with van der Waals surface area (Å²) >= 11 is 0. The molecular formula is C46H88O6. The van der Waals surface area contributed by atoms with E-state index in [9.17, 15) is 14.4 Å². The molecule has 0 spiro atoms. The summed E-state index contributed by atoms with van der Waals surface area (Å²) in [5.74, 6) is 0.746. The van der Waals surface area contributed by atoms with Crippen LogP contribution in [0.25, 0.3) is 0 Å². The third-order valence-electron chi connectivity index (χ3n) is 10.6. The Labute approximate surface area is 323 Å². The molecule has 0 fully saturated rings. The van der Waals surface area contributed by atoms with Crippen LogP contribution in [0.15, 0.2) is 0 Å². The van der Waals surface area contributed by atoms with Crippen molar-refractivity contribution >= 4 is 17.9 Å². The van der Waals surface area contributed by atoms with Crippen LogP contribution in [0.3, 0.4) is 0 Å². The molecular weight excluding hydrogens is 648 g/mol. The first-order chi connectivity index (χ1) is 25.3. The molecule has 308 valence electrons. The molecule has 1 unspecified atom stereocenters. The molecule has 0 N–H and O–H groups in total. The van der Waals surface area contributed by atoms with Gasteiger partial charge in [0.15, 0.2) is 6.10 Å². The lowest BCUT2D eigenvalue weighted by Crippen LogP contribution is -2.30.